The first-order valence-electron chi connectivity index (χ1n) is 8.42. The molecule has 0 atom stereocenters. The minimum Gasteiger partial charge on any atom is -0.259 e. The highest BCUT2D eigenvalue weighted by molar-refractivity contribution is 7.80. The van der Waals surface area contributed by atoms with Crippen LogP contribution in [-0.4, -0.2) is 11.2 Å². The highest BCUT2D eigenvalue weighted by Gasteiger charge is 2.12. The minimum atomic E-state index is 0.841. The Hall–Kier alpha value is -1.61. The smallest absolute Gasteiger partial charge is 0.0971 e. The summed E-state index contributed by atoms with van der Waals surface area (Å²) in [5.74, 6) is 0. The molecule has 0 amide bonds. The van der Waals surface area contributed by atoms with Crippen LogP contribution in [0.2, 0.25) is 0 Å². The van der Waals surface area contributed by atoms with E-state index in [4.69, 9.17) is 0 Å². The van der Waals surface area contributed by atoms with Crippen LogP contribution in [0.25, 0.3) is 17.0 Å². The molecule has 3 heteroatoms. The molecule has 1 heterocycles. The van der Waals surface area contributed by atoms with Crippen molar-refractivity contribution in [3.05, 3.63) is 36.0 Å². The first kappa shape index (κ1) is 23.7. The quantitative estimate of drug-likeness (QED) is 0.454. The molecule has 0 radical (unpaired) electrons. The van der Waals surface area contributed by atoms with Gasteiger partial charge in [-0.3, -0.25) is 9.98 Å². The van der Waals surface area contributed by atoms with Crippen molar-refractivity contribution >= 4 is 41.5 Å². The Morgan fingerprint density at radius 2 is 1.70 bits per heavy atom. The van der Waals surface area contributed by atoms with Crippen LogP contribution in [0.5, 0.6) is 0 Å². The van der Waals surface area contributed by atoms with Gasteiger partial charge in [0.25, 0.3) is 0 Å². The SMILES string of the molecule is C=Cc1c(S)c(C)c2cccnc2c1N=CC.CC.CC.CC. The van der Waals surface area contributed by atoms with Gasteiger partial charge in [0.15, 0.2) is 0 Å². The summed E-state index contributed by atoms with van der Waals surface area (Å²) < 4.78 is 0. The second-order valence-electron chi connectivity index (χ2n) is 3.73. The maximum Gasteiger partial charge on any atom is 0.0971 e. The molecule has 23 heavy (non-hydrogen) atoms. The zero-order valence-corrected chi connectivity index (χ0v) is 16.8. The first-order chi connectivity index (χ1) is 11.2. The van der Waals surface area contributed by atoms with Crippen molar-refractivity contribution in [1.82, 2.24) is 4.98 Å². The predicted molar refractivity (Wildman–Crippen MR) is 112 cm³/mol. The molecule has 2 nitrogen and oxygen atoms in total. The molecule has 0 saturated carbocycles. The molecule has 0 aliphatic heterocycles. The summed E-state index contributed by atoms with van der Waals surface area (Å²) in [6, 6.07) is 3.97. The fraction of sp³-hybridized carbons (Fsp3) is 0.400. The van der Waals surface area contributed by atoms with Crippen LogP contribution in [0.15, 0.2) is 34.8 Å². The summed E-state index contributed by atoms with van der Waals surface area (Å²) in [6.45, 7) is 19.8. The number of hydrogen-bond acceptors (Lipinski definition) is 3. The van der Waals surface area contributed by atoms with Crippen LogP contribution in [0.4, 0.5) is 5.69 Å². The average Bonchev–Trinajstić information content (AvgIpc) is 2.65. The number of aryl methyl sites for hydroxylation is 1. The molecule has 0 unspecified atom stereocenters. The van der Waals surface area contributed by atoms with Crippen LogP contribution in [-0.2, 0) is 0 Å². The molecule has 0 fully saturated rings. The lowest BCUT2D eigenvalue weighted by Gasteiger charge is -2.12. The van der Waals surface area contributed by atoms with Gasteiger partial charge in [-0.15, -0.1) is 12.6 Å². The Balaban J connectivity index is 0. The molecule has 0 N–H and O–H groups in total. The van der Waals surface area contributed by atoms with E-state index in [0.29, 0.717) is 0 Å². The lowest BCUT2D eigenvalue weighted by Crippen LogP contribution is -1.90. The number of pyridine rings is 1. The topological polar surface area (TPSA) is 25.2 Å². The lowest BCUT2D eigenvalue weighted by molar-refractivity contribution is 1.29. The van der Waals surface area contributed by atoms with Gasteiger partial charge in [0.05, 0.1) is 11.2 Å². The molecule has 1 aromatic heterocycles. The third-order valence-electron chi connectivity index (χ3n) is 2.76. The Kier molecular flexibility index (Phi) is 14.4. The molecule has 0 aliphatic rings. The number of aromatic nitrogens is 1. The molecule has 0 aliphatic carbocycles. The van der Waals surface area contributed by atoms with E-state index in [-0.39, 0.29) is 0 Å². The molecule has 0 bridgehead atoms. The summed E-state index contributed by atoms with van der Waals surface area (Å²) in [6.07, 6.45) is 5.33. The summed E-state index contributed by atoms with van der Waals surface area (Å²) >= 11 is 4.56. The van der Waals surface area contributed by atoms with Crippen molar-refractivity contribution in [2.24, 2.45) is 4.99 Å². The molecular weight excluding hydrogens is 300 g/mol. The molecule has 1 aromatic carbocycles. The lowest BCUT2D eigenvalue weighted by atomic mass is 10.0. The molecular formula is C20H32N2S. The van der Waals surface area contributed by atoms with E-state index in [2.05, 4.69) is 29.2 Å². The maximum absolute atomic E-state index is 4.56. The van der Waals surface area contributed by atoms with Gasteiger partial charge in [0.1, 0.15) is 0 Å². The number of thiol groups is 1. The normalized spacial score (nSPS) is 9.09. The number of rotatable bonds is 2. The maximum atomic E-state index is 4.56. The zero-order valence-electron chi connectivity index (χ0n) is 15.9. The molecule has 0 saturated heterocycles. The fourth-order valence-electron chi connectivity index (χ4n) is 1.92. The Labute approximate surface area is 148 Å². The summed E-state index contributed by atoms with van der Waals surface area (Å²) in [5, 5.41) is 1.09. The third kappa shape index (κ3) is 5.83. The van der Waals surface area contributed by atoms with E-state index >= 15 is 0 Å². The largest absolute Gasteiger partial charge is 0.259 e. The Morgan fingerprint density at radius 1 is 1.13 bits per heavy atom. The van der Waals surface area contributed by atoms with Crippen molar-refractivity contribution in [1.29, 1.82) is 0 Å². The number of aliphatic imine (C=N–C) groups is 1. The predicted octanol–water partition coefficient (Wildman–Crippen LogP) is 7.28. The second-order valence-corrected chi connectivity index (χ2v) is 4.17. The fourth-order valence-corrected chi connectivity index (χ4v) is 2.24. The van der Waals surface area contributed by atoms with Gasteiger partial charge in [-0.1, -0.05) is 60.3 Å². The van der Waals surface area contributed by atoms with Crippen molar-refractivity contribution in [3.63, 3.8) is 0 Å². The second kappa shape index (κ2) is 14.0. The number of nitrogens with zero attached hydrogens (tertiary/aromatic N) is 2. The van der Waals surface area contributed by atoms with Crippen molar-refractivity contribution in [2.45, 2.75) is 60.3 Å². The molecule has 128 valence electrons. The summed E-state index contributed by atoms with van der Waals surface area (Å²) in [5.41, 5.74) is 3.79. The highest BCUT2D eigenvalue weighted by Crippen LogP contribution is 2.37. The van der Waals surface area contributed by atoms with Crippen LogP contribution in [0.1, 0.15) is 59.6 Å². The molecule has 2 rings (SSSR count). The van der Waals surface area contributed by atoms with Crippen molar-refractivity contribution in [2.75, 3.05) is 0 Å². The number of fused-ring (bicyclic) bond motifs is 1. The number of hydrogen-bond donors (Lipinski definition) is 1. The van der Waals surface area contributed by atoms with Gasteiger partial charge >= 0.3 is 0 Å². The van der Waals surface area contributed by atoms with Crippen molar-refractivity contribution in [3.8, 4) is 0 Å². The first-order valence-corrected chi connectivity index (χ1v) is 8.86. The standard InChI is InChI=1S/C14H14N2S.3C2H6/c1-4-10-12(15-5-2)13-11(7-6-8-16-13)9(3)14(10)17;3*1-2/h4-8,17H,1H2,2-3H3;3*1-2H3. The van der Waals surface area contributed by atoms with Gasteiger partial charge in [-0.25, -0.2) is 0 Å². The van der Waals surface area contributed by atoms with Crippen LogP contribution in [0.3, 0.4) is 0 Å². The van der Waals surface area contributed by atoms with Gasteiger partial charge in [0, 0.05) is 28.3 Å². The Bertz CT molecular complexity index is 617. The van der Waals surface area contributed by atoms with E-state index in [1.165, 1.54) is 0 Å². The van der Waals surface area contributed by atoms with Gasteiger partial charge in [-0.05, 0) is 25.5 Å². The van der Waals surface area contributed by atoms with Gasteiger partial charge in [0.2, 0.25) is 0 Å². The van der Waals surface area contributed by atoms with Gasteiger partial charge < -0.3 is 0 Å². The van der Waals surface area contributed by atoms with Gasteiger partial charge in [-0.2, -0.15) is 0 Å². The molecule has 2 aromatic rings. The summed E-state index contributed by atoms with van der Waals surface area (Å²) in [4.78, 5) is 9.73. The number of benzene rings is 1. The van der Waals surface area contributed by atoms with E-state index in [1.54, 1.807) is 18.5 Å². The average molecular weight is 333 g/mol. The zero-order chi connectivity index (χ0) is 18.4. The monoisotopic (exact) mass is 332 g/mol. The van der Waals surface area contributed by atoms with E-state index in [0.717, 1.165) is 32.6 Å². The summed E-state index contributed by atoms with van der Waals surface area (Å²) in [7, 11) is 0. The van der Waals surface area contributed by atoms with E-state index < -0.39 is 0 Å². The van der Waals surface area contributed by atoms with Crippen molar-refractivity contribution < 1.29 is 0 Å². The molecule has 0 spiro atoms. The minimum absolute atomic E-state index is 0.841. The highest BCUT2D eigenvalue weighted by atomic mass is 32.1. The van der Waals surface area contributed by atoms with Crippen LogP contribution >= 0.6 is 12.6 Å². The Morgan fingerprint density at radius 3 is 2.17 bits per heavy atom. The van der Waals surface area contributed by atoms with Crippen LogP contribution < -0.4 is 0 Å². The third-order valence-corrected chi connectivity index (χ3v) is 3.34. The van der Waals surface area contributed by atoms with E-state index in [9.17, 15) is 0 Å². The van der Waals surface area contributed by atoms with Crippen LogP contribution in [0, 0.1) is 6.92 Å². The van der Waals surface area contributed by atoms with E-state index in [1.807, 2.05) is 67.5 Å².